The van der Waals surface area contributed by atoms with Crippen LogP contribution in [0.1, 0.15) is 29.7 Å². The fourth-order valence-corrected chi connectivity index (χ4v) is 3.90. The first-order chi connectivity index (χ1) is 19.4. The van der Waals surface area contributed by atoms with E-state index < -0.39 is 5.69 Å². The van der Waals surface area contributed by atoms with Gasteiger partial charge >= 0.3 is 5.84 Å². The topological polar surface area (TPSA) is 179 Å². The zero-order valence-corrected chi connectivity index (χ0v) is 29.7. The number of hydrogen-bond donors (Lipinski definition) is 0. The second-order valence-electron chi connectivity index (χ2n) is 7.01. The van der Waals surface area contributed by atoms with Crippen LogP contribution in [0.2, 0.25) is 0 Å². The normalized spacial score (nSPS) is 9.04. The van der Waals surface area contributed by atoms with Crippen molar-refractivity contribution in [2.24, 2.45) is 0 Å². The summed E-state index contributed by atoms with van der Waals surface area (Å²) in [6, 6.07) is 0. The Morgan fingerprint density at radius 2 is 1.15 bits per heavy atom. The largest absolute Gasteiger partial charge is 0.432 e. The Bertz CT molecular complexity index is 1950. The van der Waals surface area contributed by atoms with Gasteiger partial charge in [-0.15, -0.1) is 11.3 Å². The molecular formula is C24H28N14O2S4Y2-2. The van der Waals surface area contributed by atoms with Crippen molar-refractivity contribution >= 4 is 70.4 Å². The summed E-state index contributed by atoms with van der Waals surface area (Å²) in [5, 5.41) is 1.94. The van der Waals surface area contributed by atoms with Crippen LogP contribution in [0, 0.1) is 14.3 Å². The van der Waals surface area contributed by atoms with Crippen molar-refractivity contribution in [3.8, 4) is 0 Å². The molecule has 2 radical (unpaired) electrons. The van der Waals surface area contributed by atoms with Crippen LogP contribution in [0.4, 0.5) is 0 Å². The third-order valence-corrected chi connectivity index (χ3v) is 5.83. The van der Waals surface area contributed by atoms with E-state index in [1.165, 1.54) is 12.6 Å². The first kappa shape index (κ1) is 45.4. The molecule has 8 aromatic rings. The van der Waals surface area contributed by atoms with Crippen molar-refractivity contribution in [1.29, 1.82) is 0 Å². The molecule has 46 heavy (non-hydrogen) atoms. The molecule has 0 N–H and O–H groups in total. The van der Waals surface area contributed by atoms with Crippen molar-refractivity contribution in [3.63, 3.8) is 0 Å². The van der Waals surface area contributed by atoms with Crippen LogP contribution in [0.25, 0.3) is 22.4 Å². The monoisotopic (exact) mass is 850 g/mol. The molecule has 16 nitrogen and oxygen atoms in total. The standard InChI is InChI=1S/C5H4N4O.C5H4N4S.C5H3N3OS.C5H3N3S2.4CH4.2Y/c2*10-5-7-3-9-2-1-6-4(9)8-5;10-4-6-3-8-1-2-9-5(8)7-4;9-4-6-3-8-1-2-10-5(8)7-4;;;;;;/h2*1-3H,(H,6,8,10);2*1-3H;4*1H4;;/p-2. The van der Waals surface area contributed by atoms with Gasteiger partial charge in [0.25, 0.3) is 5.69 Å². The zero-order chi connectivity index (χ0) is 27.9. The second-order valence-corrected chi connectivity index (χ2v) is 8.98. The summed E-state index contributed by atoms with van der Waals surface area (Å²) >= 11 is 15.8. The Kier molecular flexibility index (Phi) is 21.7. The molecule has 238 valence electrons. The quantitative estimate of drug-likeness (QED) is 0.194. The SMILES string of the molecule is C.C.C.C.O=c1ncn2cc[n-]c2n1.S=c1ncn2cc[n-]c2n1.S=c1ncn2ccoc2n1.S=c1ncn2ccsc2n1.[Y].[Y]. The third-order valence-electron chi connectivity index (χ3n) is 4.47. The predicted molar refractivity (Wildman–Crippen MR) is 174 cm³/mol. The van der Waals surface area contributed by atoms with Gasteiger partial charge in [-0.25, -0.2) is 19.9 Å². The van der Waals surface area contributed by atoms with Crippen LogP contribution in [-0.4, -0.2) is 57.5 Å². The predicted octanol–water partition coefficient (Wildman–Crippen LogP) is 4.57. The number of hydrogen-bond acceptors (Lipinski definition) is 14. The number of aromatic nitrogens is 14. The number of oxazole rings is 1. The Morgan fingerprint density at radius 1 is 0.630 bits per heavy atom. The van der Waals surface area contributed by atoms with E-state index in [2.05, 4.69) is 49.8 Å². The van der Waals surface area contributed by atoms with Gasteiger partial charge in [0.15, 0.2) is 4.96 Å². The van der Waals surface area contributed by atoms with Crippen LogP contribution < -0.4 is 15.7 Å². The van der Waals surface area contributed by atoms with Gasteiger partial charge in [0, 0.05) is 101 Å². The minimum Gasteiger partial charge on any atom is -0.432 e. The second kappa shape index (κ2) is 22.0. The Hall–Kier alpha value is -2.71. The molecule has 0 spiro atoms. The van der Waals surface area contributed by atoms with Crippen LogP contribution in [0.3, 0.4) is 0 Å². The molecule has 0 bridgehead atoms. The van der Waals surface area contributed by atoms with Gasteiger partial charge in [0.1, 0.15) is 23.7 Å². The van der Waals surface area contributed by atoms with E-state index >= 15 is 0 Å². The third kappa shape index (κ3) is 12.5. The molecule has 0 fully saturated rings. The summed E-state index contributed by atoms with van der Waals surface area (Å²) in [6.07, 6.45) is 18.0. The number of fused-ring (bicyclic) bond motifs is 4. The maximum atomic E-state index is 10.5. The first-order valence-electron chi connectivity index (χ1n) is 10.7. The van der Waals surface area contributed by atoms with E-state index in [9.17, 15) is 4.79 Å². The van der Waals surface area contributed by atoms with Gasteiger partial charge in [0.05, 0.1) is 6.20 Å². The van der Waals surface area contributed by atoms with Crippen molar-refractivity contribution in [2.75, 3.05) is 0 Å². The minimum atomic E-state index is -0.501. The Balaban J connectivity index is 0. The first-order valence-corrected chi connectivity index (χ1v) is 12.8. The van der Waals surface area contributed by atoms with Crippen molar-refractivity contribution in [3.05, 3.63) is 98.9 Å². The number of thiazole rings is 1. The molecule has 0 saturated heterocycles. The number of rotatable bonds is 0. The van der Waals surface area contributed by atoms with Crippen molar-refractivity contribution in [2.45, 2.75) is 29.7 Å². The summed E-state index contributed by atoms with van der Waals surface area (Å²) in [7, 11) is 0. The molecule has 0 atom stereocenters. The minimum absolute atomic E-state index is 0. The van der Waals surface area contributed by atoms with E-state index in [0.717, 1.165) is 4.96 Å². The van der Waals surface area contributed by atoms with Gasteiger partial charge in [0.2, 0.25) is 9.54 Å². The van der Waals surface area contributed by atoms with Crippen molar-refractivity contribution < 1.29 is 69.8 Å². The number of nitrogens with zero attached hydrogens (tertiary/aromatic N) is 14. The van der Waals surface area contributed by atoms with Gasteiger partial charge in [-0.3, -0.25) is 13.6 Å². The van der Waals surface area contributed by atoms with E-state index in [4.69, 9.17) is 41.1 Å². The summed E-state index contributed by atoms with van der Waals surface area (Å²) in [6.45, 7) is 0. The van der Waals surface area contributed by atoms with Gasteiger partial charge in [-0.05, 0) is 49.2 Å². The summed E-state index contributed by atoms with van der Waals surface area (Å²) in [5.74, 6) is 1.46. The average Bonchev–Trinajstić information content (AvgIpc) is 3.75. The molecule has 8 rings (SSSR count). The molecular weight excluding hydrogens is 822 g/mol. The molecule has 0 amide bonds. The van der Waals surface area contributed by atoms with Crippen LogP contribution in [0.5, 0.6) is 0 Å². The molecule has 0 aliphatic heterocycles. The van der Waals surface area contributed by atoms with E-state index in [1.54, 1.807) is 74.5 Å². The Labute approximate surface area is 332 Å². The Morgan fingerprint density at radius 3 is 1.80 bits per heavy atom. The molecule has 0 aromatic carbocycles. The van der Waals surface area contributed by atoms with E-state index in [1.807, 2.05) is 16.0 Å². The van der Waals surface area contributed by atoms with Gasteiger partial charge in [-0.1, -0.05) is 41.9 Å². The molecule has 8 aromatic heterocycles. The van der Waals surface area contributed by atoms with Gasteiger partial charge in [-0.2, -0.15) is 9.97 Å². The van der Waals surface area contributed by atoms with Crippen molar-refractivity contribution in [1.82, 2.24) is 67.4 Å². The molecule has 0 aliphatic carbocycles. The van der Waals surface area contributed by atoms with Crippen LogP contribution in [0.15, 0.2) is 83.3 Å². The van der Waals surface area contributed by atoms with E-state index in [0.29, 0.717) is 31.7 Å². The molecule has 22 heteroatoms. The van der Waals surface area contributed by atoms with Crippen LogP contribution >= 0.6 is 48.0 Å². The maximum absolute atomic E-state index is 10.5. The summed E-state index contributed by atoms with van der Waals surface area (Å²) in [5.41, 5.74) is -0.501. The fourth-order valence-electron chi connectivity index (χ4n) is 2.77. The van der Waals surface area contributed by atoms with Gasteiger partial charge < -0.3 is 33.2 Å². The molecule has 0 aliphatic rings. The summed E-state index contributed by atoms with van der Waals surface area (Å²) in [4.78, 5) is 49.3. The molecule has 0 saturated carbocycles. The average molecular weight is 851 g/mol. The summed E-state index contributed by atoms with van der Waals surface area (Å²) < 4.78 is 12.7. The van der Waals surface area contributed by atoms with Crippen LogP contribution in [-0.2, 0) is 65.4 Å². The maximum Gasteiger partial charge on any atom is 0.309 e. The molecule has 8 heterocycles. The number of imidazole rings is 2. The molecule has 0 unspecified atom stereocenters. The smallest absolute Gasteiger partial charge is 0.309 e. The zero-order valence-electron chi connectivity index (χ0n) is 20.8. The fraction of sp³-hybridized carbons (Fsp3) is 0.167. The van der Waals surface area contributed by atoms with E-state index in [-0.39, 0.29) is 95.1 Å².